The Morgan fingerprint density at radius 3 is 2.45 bits per heavy atom. The van der Waals surface area contributed by atoms with E-state index in [0.717, 1.165) is 5.56 Å². The summed E-state index contributed by atoms with van der Waals surface area (Å²) in [6, 6.07) is 2.40. The fraction of sp³-hybridized carbons (Fsp3) is 0.538. The van der Waals surface area contributed by atoms with Crippen molar-refractivity contribution in [2.75, 3.05) is 5.75 Å². The molecule has 0 unspecified atom stereocenters. The second kappa shape index (κ2) is 7.35. The lowest BCUT2D eigenvalue weighted by atomic mass is 10.1. The van der Waals surface area contributed by atoms with Gasteiger partial charge in [0.05, 0.1) is 5.75 Å². The number of aliphatic carboxylic acids is 1. The maximum atomic E-state index is 11.9. The third-order valence-corrected chi connectivity index (χ3v) is 4.12. The summed E-state index contributed by atoms with van der Waals surface area (Å²) in [5, 5.41) is 9.04. The summed E-state index contributed by atoms with van der Waals surface area (Å²) >= 11 is 0. The van der Waals surface area contributed by atoms with Crippen molar-refractivity contribution in [3.63, 3.8) is 0 Å². The molecule has 1 rings (SSSR count). The standard InChI is InChI=1S/C13H20N2O4S/c1-10(2)9-12(13(16)17)15-20(18,19)8-5-11-3-6-14-7-4-11/h3-4,6-7,10,12,15H,5,8-9H2,1-2H3,(H,16,17)/t12-/m0/s1. The Hall–Kier alpha value is -1.47. The van der Waals surface area contributed by atoms with Gasteiger partial charge in [0.25, 0.3) is 0 Å². The molecule has 112 valence electrons. The summed E-state index contributed by atoms with van der Waals surface area (Å²) in [4.78, 5) is 14.9. The molecule has 6 nitrogen and oxygen atoms in total. The van der Waals surface area contributed by atoms with Crippen LogP contribution in [-0.2, 0) is 21.2 Å². The fourth-order valence-corrected chi connectivity index (χ4v) is 3.00. The van der Waals surface area contributed by atoms with E-state index >= 15 is 0 Å². The van der Waals surface area contributed by atoms with Crippen LogP contribution < -0.4 is 4.72 Å². The van der Waals surface area contributed by atoms with E-state index < -0.39 is 22.0 Å². The Morgan fingerprint density at radius 2 is 1.95 bits per heavy atom. The van der Waals surface area contributed by atoms with E-state index in [1.165, 1.54) is 0 Å². The van der Waals surface area contributed by atoms with Crippen LogP contribution in [0.5, 0.6) is 0 Å². The lowest BCUT2D eigenvalue weighted by molar-refractivity contribution is -0.139. The van der Waals surface area contributed by atoms with E-state index in [9.17, 15) is 13.2 Å². The minimum absolute atomic E-state index is 0.0963. The second-order valence-electron chi connectivity index (χ2n) is 5.06. The van der Waals surface area contributed by atoms with E-state index in [1.54, 1.807) is 24.5 Å². The SMILES string of the molecule is CC(C)C[C@H](NS(=O)(=O)CCc1ccncc1)C(=O)O. The van der Waals surface area contributed by atoms with Gasteiger partial charge in [-0.05, 0) is 36.5 Å². The molecule has 0 aliphatic rings. The molecule has 20 heavy (non-hydrogen) atoms. The van der Waals surface area contributed by atoms with Crippen LogP contribution in [0.4, 0.5) is 0 Å². The molecule has 1 heterocycles. The van der Waals surface area contributed by atoms with Gasteiger partial charge in [0.1, 0.15) is 6.04 Å². The van der Waals surface area contributed by atoms with Gasteiger partial charge in [-0.1, -0.05) is 13.8 Å². The number of pyridine rings is 1. The van der Waals surface area contributed by atoms with Crippen molar-refractivity contribution in [3.05, 3.63) is 30.1 Å². The third kappa shape index (κ3) is 6.12. The molecule has 1 atom stereocenters. The lowest BCUT2D eigenvalue weighted by Gasteiger charge is -2.16. The highest BCUT2D eigenvalue weighted by molar-refractivity contribution is 7.89. The molecule has 1 aromatic heterocycles. The Labute approximate surface area is 119 Å². The Bertz CT molecular complexity index is 529. The second-order valence-corrected chi connectivity index (χ2v) is 6.94. The summed E-state index contributed by atoms with van der Waals surface area (Å²) in [5.41, 5.74) is 0.848. The average Bonchev–Trinajstić information content (AvgIpc) is 2.36. The molecule has 1 aromatic rings. The zero-order valence-electron chi connectivity index (χ0n) is 11.6. The summed E-state index contributed by atoms with van der Waals surface area (Å²) in [7, 11) is -3.62. The molecule has 2 N–H and O–H groups in total. The number of aromatic nitrogens is 1. The van der Waals surface area contributed by atoms with Crippen molar-refractivity contribution in [3.8, 4) is 0 Å². The molecule has 0 bridgehead atoms. The molecular weight excluding hydrogens is 280 g/mol. The lowest BCUT2D eigenvalue weighted by Crippen LogP contribution is -2.42. The first kappa shape index (κ1) is 16.6. The number of hydrogen-bond acceptors (Lipinski definition) is 4. The summed E-state index contributed by atoms with van der Waals surface area (Å²) in [6.07, 6.45) is 3.78. The number of carbonyl (C=O) groups is 1. The number of rotatable bonds is 8. The first-order valence-electron chi connectivity index (χ1n) is 6.42. The minimum Gasteiger partial charge on any atom is -0.480 e. The maximum absolute atomic E-state index is 11.9. The molecule has 0 aliphatic carbocycles. The van der Waals surface area contributed by atoms with Gasteiger partial charge in [-0.3, -0.25) is 9.78 Å². The molecule has 0 fully saturated rings. The van der Waals surface area contributed by atoms with Crippen molar-refractivity contribution in [1.29, 1.82) is 0 Å². The van der Waals surface area contributed by atoms with E-state index in [1.807, 2.05) is 13.8 Å². The van der Waals surface area contributed by atoms with Gasteiger partial charge in [-0.2, -0.15) is 0 Å². The molecule has 0 saturated carbocycles. The highest BCUT2D eigenvalue weighted by Crippen LogP contribution is 2.07. The summed E-state index contributed by atoms with van der Waals surface area (Å²) < 4.78 is 26.1. The molecule has 0 aliphatic heterocycles. The van der Waals surface area contributed by atoms with E-state index in [2.05, 4.69) is 9.71 Å². The molecular formula is C13H20N2O4S. The summed E-state index contributed by atoms with van der Waals surface area (Å²) in [5.74, 6) is -1.19. The largest absolute Gasteiger partial charge is 0.480 e. The number of carboxylic acids is 1. The first-order valence-corrected chi connectivity index (χ1v) is 8.07. The van der Waals surface area contributed by atoms with Crippen molar-refractivity contribution < 1.29 is 18.3 Å². The summed E-state index contributed by atoms with van der Waals surface area (Å²) in [6.45, 7) is 3.70. The molecule has 0 aromatic carbocycles. The van der Waals surface area contributed by atoms with Gasteiger partial charge in [-0.15, -0.1) is 0 Å². The monoisotopic (exact) mass is 300 g/mol. The van der Waals surface area contributed by atoms with Crippen molar-refractivity contribution in [1.82, 2.24) is 9.71 Å². The fourth-order valence-electron chi connectivity index (χ4n) is 1.75. The average molecular weight is 300 g/mol. The molecule has 0 saturated heterocycles. The van der Waals surface area contributed by atoms with Gasteiger partial charge in [0.2, 0.25) is 10.0 Å². The molecule has 0 amide bonds. The highest BCUT2D eigenvalue weighted by Gasteiger charge is 2.24. The maximum Gasteiger partial charge on any atom is 0.321 e. The zero-order valence-corrected chi connectivity index (χ0v) is 12.4. The number of sulfonamides is 1. The van der Waals surface area contributed by atoms with E-state index in [-0.39, 0.29) is 18.1 Å². The minimum atomic E-state index is -3.62. The Balaban J connectivity index is 2.61. The first-order chi connectivity index (χ1) is 9.30. The van der Waals surface area contributed by atoms with Gasteiger partial charge in [0, 0.05) is 12.4 Å². The van der Waals surface area contributed by atoms with Crippen molar-refractivity contribution >= 4 is 16.0 Å². The van der Waals surface area contributed by atoms with Crippen LogP contribution in [0.25, 0.3) is 0 Å². The van der Waals surface area contributed by atoms with Crippen LogP contribution in [0, 0.1) is 5.92 Å². The zero-order chi connectivity index (χ0) is 15.2. The van der Waals surface area contributed by atoms with Crippen molar-refractivity contribution in [2.45, 2.75) is 32.7 Å². The number of carboxylic acid groups (broad SMARTS) is 1. The highest BCUT2D eigenvalue weighted by atomic mass is 32.2. The van der Waals surface area contributed by atoms with Gasteiger partial charge in [0.15, 0.2) is 0 Å². The predicted octanol–water partition coefficient (Wildman–Crippen LogP) is 1.04. The van der Waals surface area contributed by atoms with Crippen LogP contribution in [0.3, 0.4) is 0 Å². The molecule has 0 spiro atoms. The number of hydrogen-bond donors (Lipinski definition) is 2. The van der Waals surface area contributed by atoms with Crippen LogP contribution in [0.1, 0.15) is 25.8 Å². The van der Waals surface area contributed by atoms with Gasteiger partial charge >= 0.3 is 5.97 Å². The predicted molar refractivity (Wildman–Crippen MR) is 75.7 cm³/mol. The topological polar surface area (TPSA) is 96.4 Å². The van der Waals surface area contributed by atoms with Crippen LogP contribution in [-0.4, -0.2) is 36.3 Å². The Morgan fingerprint density at radius 1 is 1.35 bits per heavy atom. The smallest absolute Gasteiger partial charge is 0.321 e. The van der Waals surface area contributed by atoms with Gasteiger partial charge in [-0.25, -0.2) is 13.1 Å². The van der Waals surface area contributed by atoms with Gasteiger partial charge < -0.3 is 5.11 Å². The normalized spacial score (nSPS) is 13.3. The molecule has 0 radical (unpaired) electrons. The number of nitrogens with one attached hydrogen (secondary N) is 1. The van der Waals surface area contributed by atoms with E-state index in [0.29, 0.717) is 6.42 Å². The quantitative estimate of drug-likeness (QED) is 0.748. The Kier molecular flexibility index (Phi) is 6.09. The van der Waals surface area contributed by atoms with Crippen LogP contribution in [0.15, 0.2) is 24.5 Å². The van der Waals surface area contributed by atoms with Crippen LogP contribution >= 0.6 is 0 Å². The molecule has 7 heteroatoms. The van der Waals surface area contributed by atoms with Crippen LogP contribution in [0.2, 0.25) is 0 Å². The number of aryl methyl sites for hydroxylation is 1. The number of nitrogens with zero attached hydrogens (tertiary/aromatic N) is 1. The van der Waals surface area contributed by atoms with E-state index in [4.69, 9.17) is 5.11 Å². The third-order valence-electron chi connectivity index (χ3n) is 2.74. The van der Waals surface area contributed by atoms with Crippen molar-refractivity contribution in [2.24, 2.45) is 5.92 Å².